The smallest absolute Gasteiger partial charge is 0.0992 e. The molecule has 0 amide bonds. The van der Waals surface area contributed by atoms with Crippen molar-refractivity contribution >= 4 is 11.8 Å². The summed E-state index contributed by atoms with van der Waals surface area (Å²) in [4.78, 5) is 0.986. The van der Waals surface area contributed by atoms with Crippen molar-refractivity contribution in [1.29, 1.82) is 5.26 Å². The Kier molecular flexibility index (Phi) is 4.65. The molecule has 1 fully saturated rings. The van der Waals surface area contributed by atoms with Gasteiger partial charge >= 0.3 is 0 Å². The number of nitriles is 1. The van der Waals surface area contributed by atoms with Crippen LogP contribution in [0.25, 0.3) is 0 Å². The Morgan fingerprint density at radius 3 is 3.06 bits per heavy atom. The molecule has 1 heterocycles. The molecule has 0 aliphatic carbocycles. The molecule has 18 heavy (non-hydrogen) atoms. The molecule has 96 valence electrons. The van der Waals surface area contributed by atoms with Gasteiger partial charge in [0.1, 0.15) is 0 Å². The van der Waals surface area contributed by atoms with E-state index in [4.69, 9.17) is 10.00 Å². The minimum absolute atomic E-state index is 0.308. The van der Waals surface area contributed by atoms with Crippen molar-refractivity contribution in [3.63, 3.8) is 0 Å². The zero-order chi connectivity index (χ0) is 13.0. The summed E-state index contributed by atoms with van der Waals surface area (Å²) in [6.45, 7) is 2.60. The highest BCUT2D eigenvalue weighted by molar-refractivity contribution is 7.99. The molecular weight excluding hydrogens is 246 g/mol. The number of aliphatic hydroxyl groups excluding tert-OH is 1. The minimum atomic E-state index is -0.510. The Morgan fingerprint density at radius 1 is 1.61 bits per heavy atom. The van der Waals surface area contributed by atoms with Crippen molar-refractivity contribution < 1.29 is 9.84 Å². The Hall–Kier alpha value is -1.02. The first-order valence-corrected chi connectivity index (χ1v) is 7.16. The largest absolute Gasteiger partial charge is 0.389 e. The lowest BCUT2D eigenvalue weighted by Crippen LogP contribution is -2.08. The van der Waals surface area contributed by atoms with Crippen LogP contribution in [0.5, 0.6) is 0 Å². The van der Waals surface area contributed by atoms with E-state index in [-0.39, 0.29) is 0 Å². The quantitative estimate of drug-likeness (QED) is 0.849. The lowest BCUT2D eigenvalue weighted by atomic mass is 10.1. The standard InChI is InChI=1S/C14H17NO2S/c1-10(16)13-5-4-11(8-15)7-14(13)18-9-12-3-2-6-17-12/h4-5,7,10,12,16H,2-3,6,9H2,1H3. The predicted molar refractivity (Wildman–Crippen MR) is 71.5 cm³/mol. The van der Waals surface area contributed by atoms with E-state index in [2.05, 4.69) is 6.07 Å². The van der Waals surface area contributed by atoms with E-state index in [1.165, 1.54) is 0 Å². The van der Waals surface area contributed by atoms with Gasteiger partial charge in [-0.05, 0) is 37.5 Å². The Labute approximate surface area is 112 Å². The van der Waals surface area contributed by atoms with Crippen LogP contribution in [0.2, 0.25) is 0 Å². The summed E-state index contributed by atoms with van der Waals surface area (Å²) in [5, 5.41) is 18.7. The fraction of sp³-hybridized carbons (Fsp3) is 0.500. The third-order valence-corrected chi connectivity index (χ3v) is 4.24. The molecule has 1 aliphatic rings. The van der Waals surface area contributed by atoms with Gasteiger partial charge in [-0.25, -0.2) is 0 Å². The van der Waals surface area contributed by atoms with Crippen LogP contribution >= 0.6 is 11.8 Å². The van der Waals surface area contributed by atoms with Crippen molar-refractivity contribution in [2.45, 2.75) is 36.9 Å². The predicted octanol–water partition coefficient (Wildman–Crippen LogP) is 2.88. The molecule has 0 radical (unpaired) electrons. The van der Waals surface area contributed by atoms with Gasteiger partial charge < -0.3 is 9.84 Å². The third kappa shape index (κ3) is 3.26. The SMILES string of the molecule is CC(O)c1ccc(C#N)cc1SCC1CCCO1. The topological polar surface area (TPSA) is 53.2 Å². The first kappa shape index (κ1) is 13.4. The van der Waals surface area contributed by atoms with Crippen LogP contribution in [0.15, 0.2) is 23.1 Å². The van der Waals surface area contributed by atoms with E-state index in [9.17, 15) is 5.11 Å². The summed E-state index contributed by atoms with van der Waals surface area (Å²) in [5.74, 6) is 0.884. The van der Waals surface area contributed by atoms with Gasteiger partial charge in [0.15, 0.2) is 0 Å². The van der Waals surface area contributed by atoms with Crippen LogP contribution in [-0.2, 0) is 4.74 Å². The van der Waals surface area contributed by atoms with Crippen LogP contribution in [0.4, 0.5) is 0 Å². The number of benzene rings is 1. The van der Waals surface area contributed by atoms with Crippen LogP contribution < -0.4 is 0 Å². The molecule has 0 spiro atoms. The number of ether oxygens (including phenoxy) is 1. The second-order valence-electron chi connectivity index (χ2n) is 4.49. The van der Waals surface area contributed by atoms with Crippen molar-refractivity contribution in [1.82, 2.24) is 0 Å². The lowest BCUT2D eigenvalue weighted by molar-refractivity contribution is 0.129. The van der Waals surface area contributed by atoms with Gasteiger partial charge in [-0.3, -0.25) is 0 Å². The van der Waals surface area contributed by atoms with Crippen LogP contribution in [0.1, 0.15) is 37.0 Å². The first-order valence-electron chi connectivity index (χ1n) is 6.17. The van der Waals surface area contributed by atoms with Crippen LogP contribution in [-0.4, -0.2) is 23.6 Å². The Bertz CT molecular complexity index is 448. The fourth-order valence-corrected chi connectivity index (χ4v) is 3.28. The molecule has 0 bridgehead atoms. The summed E-state index contributed by atoms with van der Waals surface area (Å²) in [6, 6.07) is 7.57. The highest BCUT2D eigenvalue weighted by Crippen LogP contribution is 2.30. The lowest BCUT2D eigenvalue weighted by Gasteiger charge is -2.14. The molecule has 1 N–H and O–H groups in total. The molecule has 1 aliphatic heterocycles. The Balaban J connectivity index is 2.10. The van der Waals surface area contributed by atoms with Gasteiger partial charge in [0.05, 0.1) is 23.8 Å². The van der Waals surface area contributed by atoms with Crippen molar-refractivity contribution in [3.8, 4) is 6.07 Å². The average Bonchev–Trinajstić information content (AvgIpc) is 2.88. The van der Waals surface area contributed by atoms with Crippen molar-refractivity contribution in [3.05, 3.63) is 29.3 Å². The van der Waals surface area contributed by atoms with Crippen molar-refractivity contribution in [2.75, 3.05) is 12.4 Å². The summed E-state index contributed by atoms with van der Waals surface area (Å²) >= 11 is 1.67. The molecule has 1 aromatic rings. The number of thioether (sulfide) groups is 1. The molecule has 2 atom stereocenters. The van der Waals surface area contributed by atoms with E-state index in [0.29, 0.717) is 11.7 Å². The van der Waals surface area contributed by atoms with Gasteiger partial charge in [0.25, 0.3) is 0 Å². The molecule has 0 aromatic heterocycles. The van der Waals surface area contributed by atoms with Gasteiger partial charge in [0.2, 0.25) is 0 Å². The number of hydrogen-bond donors (Lipinski definition) is 1. The zero-order valence-electron chi connectivity index (χ0n) is 10.4. The maximum Gasteiger partial charge on any atom is 0.0992 e. The second-order valence-corrected chi connectivity index (χ2v) is 5.55. The van der Waals surface area contributed by atoms with E-state index in [1.807, 2.05) is 12.1 Å². The molecule has 3 nitrogen and oxygen atoms in total. The molecule has 4 heteroatoms. The summed E-state index contributed by atoms with van der Waals surface area (Å²) < 4.78 is 5.58. The van der Waals surface area contributed by atoms with Crippen molar-refractivity contribution in [2.24, 2.45) is 0 Å². The summed E-state index contributed by atoms with van der Waals surface area (Å²) in [7, 11) is 0. The van der Waals surface area contributed by atoms with E-state index >= 15 is 0 Å². The third-order valence-electron chi connectivity index (χ3n) is 3.04. The summed E-state index contributed by atoms with van der Waals surface area (Å²) in [5.41, 5.74) is 1.52. The molecule has 1 saturated heterocycles. The molecule has 2 rings (SSSR count). The highest BCUT2D eigenvalue weighted by atomic mass is 32.2. The number of nitrogens with zero attached hydrogens (tertiary/aromatic N) is 1. The monoisotopic (exact) mass is 263 g/mol. The maximum atomic E-state index is 9.73. The average molecular weight is 263 g/mol. The normalized spacial score (nSPS) is 20.6. The van der Waals surface area contributed by atoms with Gasteiger partial charge in [-0.15, -0.1) is 11.8 Å². The second kappa shape index (κ2) is 6.24. The molecular formula is C14H17NO2S. The van der Waals surface area contributed by atoms with Crippen LogP contribution in [0, 0.1) is 11.3 Å². The molecule has 1 aromatic carbocycles. The molecule has 2 unspecified atom stereocenters. The van der Waals surface area contributed by atoms with E-state index in [0.717, 1.165) is 35.7 Å². The highest BCUT2D eigenvalue weighted by Gasteiger charge is 2.17. The maximum absolute atomic E-state index is 9.73. The van der Waals surface area contributed by atoms with Gasteiger partial charge in [0, 0.05) is 17.3 Å². The zero-order valence-corrected chi connectivity index (χ0v) is 11.2. The number of hydrogen-bond acceptors (Lipinski definition) is 4. The number of aliphatic hydroxyl groups is 1. The fourth-order valence-electron chi connectivity index (χ4n) is 2.03. The summed E-state index contributed by atoms with van der Waals surface area (Å²) in [6.07, 6.45) is 2.04. The van der Waals surface area contributed by atoms with Crippen LogP contribution in [0.3, 0.4) is 0 Å². The minimum Gasteiger partial charge on any atom is -0.389 e. The van der Waals surface area contributed by atoms with E-state index in [1.54, 1.807) is 24.8 Å². The van der Waals surface area contributed by atoms with Gasteiger partial charge in [-0.2, -0.15) is 5.26 Å². The number of rotatable bonds is 4. The first-order chi connectivity index (χ1) is 8.70. The van der Waals surface area contributed by atoms with E-state index < -0.39 is 6.10 Å². The Morgan fingerprint density at radius 2 is 2.44 bits per heavy atom. The van der Waals surface area contributed by atoms with Gasteiger partial charge in [-0.1, -0.05) is 6.07 Å². The molecule has 0 saturated carbocycles.